The van der Waals surface area contributed by atoms with E-state index in [0.717, 1.165) is 12.1 Å². The van der Waals surface area contributed by atoms with E-state index in [4.69, 9.17) is 0 Å². The third-order valence-electron chi connectivity index (χ3n) is 2.54. The predicted octanol–water partition coefficient (Wildman–Crippen LogP) is 1.95. The second kappa shape index (κ2) is 3.20. The molecule has 0 fully saturated rings. The van der Waals surface area contributed by atoms with Crippen LogP contribution >= 0.6 is 11.3 Å². The number of thiazole rings is 1. The molecule has 3 nitrogen and oxygen atoms in total. The summed E-state index contributed by atoms with van der Waals surface area (Å²) in [6, 6.07) is 0. The first-order valence-corrected chi connectivity index (χ1v) is 5.68. The Bertz CT molecular complexity index is 409. The summed E-state index contributed by atoms with van der Waals surface area (Å²) in [6.45, 7) is 0. The Hall–Kier alpha value is -1.16. The number of aromatic nitrogens is 3. The van der Waals surface area contributed by atoms with Gasteiger partial charge in [0, 0.05) is 23.2 Å². The van der Waals surface area contributed by atoms with Crippen LogP contribution in [0.15, 0.2) is 12.5 Å². The molecular weight excluding hydrogens is 194 g/mol. The van der Waals surface area contributed by atoms with Crippen molar-refractivity contribution in [3.8, 4) is 0 Å². The Morgan fingerprint density at radius 3 is 3.21 bits per heavy atom. The van der Waals surface area contributed by atoms with Gasteiger partial charge in [0.25, 0.3) is 0 Å². The zero-order chi connectivity index (χ0) is 9.38. The van der Waals surface area contributed by atoms with Crippen molar-refractivity contribution in [2.75, 3.05) is 0 Å². The molecule has 1 N–H and O–H groups in total. The van der Waals surface area contributed by atoms with E-state index in [9.17, 15) is 0 Å². The molecule has 0 aromatic carbocycles. The van der Waals surface area contributed by atoms with Crippen molar-refractivity contribution in [3.05, 3.63) is 33.8 Å². The number of hydrogen-bond acceptors (Lipinski definition) is 3. The van der Waals surface area contributed by atoms with Gasteiger partial charge in [-0.2, -0.15) is 0 Å². The van der Waals surface area contributed by atoms with Gasteiger partial charge in [-0.1, -0.05) is 0 Å². The molecule has 2 aromatic heterocycles. The number of hydrogen-bond donors (Lipinski definition) is 1. The van der Waals surface area contributed by atoms with Crippen molar-refractivity contribution in [1.82, 2.24) is 15.0 Å². The molecule has 14 heavy (non-hydrogen) atoms. The predicted molar refractivity (Wildman–Crippen MR) is 55.5 cm³/mol. The Balaban J connectivity index is 1.84. The molecule has 0 bridgehead atoms. The average Bonchev–Trinajstić information content (AvgIpc) is 2.78. The molecule has 2 aromatic rings. The lowest BCUT2D eigenvalue weighted by molar-refractivity contribution is 0.891. The van der Waals surface area contributed by atoms with E-state index in [1.165, 1.54) is 34.8 Å². The highest BCUT2D eigenvalue weighted by molar-refractivity contribution is 7.11. The summed E-state index contributed by atoms with van der Waals surface area (Å²) in [5, 5.41) is 1.22. The van der Waals surface area contributed by atoms with Gasteiger partial charge < -0.3 is 4.98 Å². The average molecular weight is 205 g/mol. The van der Waals surface area contributed by atoms with Gasteiger partial charge in [-0.25, -0.2) is 9.97 Å². The largest absolute Gasteiger partial charge is 0.348 e. The zero-order valence-electron chi connectivity index (χ0n) is 7.79. The summed E-state index contributed by atoms with van der Waals surface area (Å²) < 4.78 is 0. The molecule has 4 heteroatoms. The van der Waals surface area contributed by atoms with Gasteiger partial charge in [-0.05, 0) is 19.3 Å². The molecule has 0 aliphatic heterocycles. The van der Waals surface area contributed by atoms with E-state index in [1.54, 1.807) is 6.33 Å². The Morgan fingerprint density at radius 1 is 1.43 bits per heavy atom. The van der Waals surface area contributed by atoms with Crippen LogP contribution < -0.4 is 0 Å². The molecule has 72 valence electrons. The fourth-order valence-electron chi connectivity index (χ4n) is 1.86. The van der Waals surface area contributed by atoms with Crippen LogP contribution in [0.2, 0.25) is 0 Å². The third kappa shape index (κ3) is 1.35. The van der Waals surface area contributed by atoms with Gasteiger partial charge in [0.15, 0.2) is 0 Å². The standard InChI is InChI=1S/C10H11N3S/c1-2-8-9(3-1)14-10(13-8)4-7-5-11-6-12-7/h5-6H,1-4H2,(H,11,12). The van der Waals surface area contributed by atoms with Crippen molar-refractivity contribution >= 4 is 11.3 Å². The molecule has 0 unspecified atom stereocenters. The zero-order valence-corrected chi connectivity index (χ0v) is 8.60. The Labute approximate surface area is 86.2 Å². The first-order valence-electron chi connectivity index (χ1n) is 4.86. The lowest BCUT2D eigenvalue weighted by atomic mass is 10.3. The molecular formula is C10H11N3S. The maximum absolute atomic E-state index is 4.64. The highest BCUT2D eigenvalue weighted by Crippen LogP contribution is 2.28. The number of nitrogens with zero attached hydrogens (tertiary/aromatic N) is 2. The first kappa shape index (κ1) is 8.17. The third-order valence-corrected chi connectivity index (χ3v) is 3.69. The quantitative estimate of drug-likeness (QED) is 0.814. The van der Waals surface area contributed by atoms with Gasteiger partial charge >= 0.3 is 0 Å². The number of imidazole rings is 1. The van der Waals surface area contributed by atoms with Crippen LogP contribution in [0.1, 0.15) is 27.7 Å². The fourth-order valence-corrected chi connectivity index (χ4v) is 3.04. The van der Waals surface area contributed by atoms with Gasteiger partial charge in [0.05, 0.1) is 17.0 Å². The number of nitrogens with one attached hydrogen (secondary N) is 1. The molecule has 1 aliphatic carbocycles. The molecule has 2 heterocycles. The van der Waals surface area contributed by atoms with Crippen LogP contribution in [-0.2, 0) is 19.3 Å². The van der Waals surface area contributed by atoms with Crippen LogP contribution in [0.4, 0.5) is 0 Å². The molecule has 1 aliphatic rings. The van der Waals surface area contributed by atoms with Gasteiger partial charge in [0.1, 0.15) is 0 Å². The second-order valence-electron chi connectivity index (χ2n) is 3.58. The fraction of sp³-hybridized carbons (Fsp3) is 0.400. The number of rotatable bonds is 2. The van der Waals surface area contributed by atoms with Crippen molar-refractivity contribution in [3.63, 3.8) is 0 Å². The summed E-state index contributed by atoms with van der Waals surface area (Å²) in [7, 11) is 0. The summed E-state index contributed by atoms with van der Waals surface area (Å²) in [5.74, 6) is 0. The van der Waals surface area contributed by atoms with Crippen molar-refractivity contribution < 1.29 is 0 Å². The molecule has 0 atom stereocenters. The molecule has 0 saturated carbocycles. The summed E-state index contributed by atoms with van der Waals surface area (Å²) in [5.41, 5.74) is 2.49. The maximum Gasteiger partial charge on any atom is 0.0990 e. The van der Waals surface area contributed by atoms with Gasteiger partial charge in [0.2, 0.25) is 0 Å². The second-order valence-corrected chi connectivity index (χ2v) is 4.75. The maximum atomic E-state index is 4.64. The first-order chi connectivity index (χ1) is 6.92. The molecule has 3 rings (SSSR count). The number of aryl methyl sites for hydroxylation is 2. The Morgan fingerprint density at radius 2 is 2.43 bits per heavy atom. The lowest BCUT2D eigenvalue weighted by Crippen LogP contribution is -1.88. The van der Waals surface area contributed by atoms with Gasteiger partial charge in [-0.3, -0.25) is 0 Å². The minimum absolute atomic E-state index is 0.900. The highest BCUT2D eigenvalue weighted by Gasteiger charge is 2.16. The number of fused-ring (bicyclic) bond motifs is 1. The van der Waals surface area contributed by atoms with Crippen LogP contribution in [0.25, 0.3) is 0 Å². The van der Waals surface area contributed by atoms with Crippen molar-refractivity contribution in [1.29, 1.82) is 0 Å². The highest BCUT2D eigenvalue weighted by atomic mass is 32.1. The smallest absolute Gasteiger partial charge is 0.0990 e. The van der Waals surface area contributed by atoms with Crippen LogP contribution in [-0.4, -0.2) is 15.0 Å². The van der Waals surface area contributed by atoms with Crippen LogP contribution in [0.3, 0.4) is 0 Å². The van der Waals surface area contributed by atoms with Crippen LogP contribution in [0, 0.1) is 0 Å². The van der Waals surface area contributed by atoms with Crippen molar-refractivity contribution in [2.45, 2.75) is 25.7 Å². The van der Waals surface area contributed by atoms with E-state index in [-0.39, 0.29) is 0 Å². The van der Waals surface area contributed by atoms with Gasteiger partial charge in [-0.15, -0.1) is 11.3 Å². The Kier molecular flexibility index (Phi) is 1.87. The van der Waals surface area contributed by atoms with E-state index < -0.39 is 0 Å². The summed E-state index contributed by atoms with van der Waals surface area (Å²) >= 11 is 1.86. The minimum Gasteiger partial charge on any atom is -0.348 e. The molecule has 0 radical (unpaired) electrons. The van der Waals surface area contributed by atoms with Crippen LogP contribution in [0.5, 0.6) is 0 Å². The SMILES string of the molecule is c1ncc(Cc2nc3c(s2)CCC3)[nH]1. The number of aromatic amines is 1. The van der Waals surface area contributed by atoms with E-state index in [1.807, 2.05) is 17.5 Å². The number of H-pyrrole nitrogens is 1. The van der Waals surface area contributed by atoms with E-state index >= 15 is 0 Å². The van der Waals surface area contributed by atoms with Crippen molar-refractivity contribution in [2.24, 2.45) is 0 Å². The minimum atomic E-state index is 0.900. The molecule has 0 saturated heterocycles. The lowest BCUT2D eigenvalue weighted by Gasteiger charge is -1.91. The topological polar surface area (TPSA) is 41.6 Å². The normalized spacial score (nSPS) is 14.6. The summed E-state index contributed by atoms with van der Waals surface area (Å²) in [4.78, 5) is 13.2. The van der Waals surface area contributed by atoms with E-state index in [2.05, 4.69) is 15.0 Å². The summed E-state index contributed by atoms with van der Waals surface area (Å²) in [6.07, 6.45) is 8.18. The monoisotopic (exact) mass is 205 g/mol. The molecule has 0 spiro atoms. The molecule has 0 amide bonds. The van der Waals surface area contributed by atoms with E-state index in [0.29, 0.717) is 0 Å².